The first-order valence-electron chi connectivity index (χ1n) is 7.36. The fourth-order valence-electron chi connectivity index (χ4n) is 3.35. The van der Waals surface area contributed by atoms with Crippen LogP contribution in [0, 0.1) is 0 Å². The molecule has 0 aliphatic carbocycles. The maximum absolute atomic E-state index is 12.9. The normalized spacial score (nSPS) is 28.3. The maximum Gasteiger partial charge on any atom is 0.246 e. The fraction of sp³-hybridized carbons (Fsp3) is 0.643. The number of nitrogens with zero attached hydrogens (tertiary/aromatic N) is 3. The van der Waals surface area contributed by atoms with E-state index in [4.69, 9.17) is 11.6 Å². The van der Waals surface area contributed by atoms with Gasteiger partial charge < -0.3 is 0 Å². The van der Waals surface area contributed by atoms with Gasteiger partial charge in [-0.05, 0) is 38.4 Å². The molecular formula is C14H20ClN3O2S. The van der Waals surface area contributed by atoms with Crippen molar-refractivity contribution in [1.29, 1.82) is 0 Å². The van der Waals surface area contributed by atoms with Crippen LogP contribution >= 0.6 is 11.6 Å². The van der Waals surface area contributed by atoms with E-state index in [1.165, 1.54) is 25.1 Å². The van der Waals surface area contributed by atoms with Gasteiger partial charge in [0.2, 0.25) is 10.0 Å². The molecule has 2 aliphatic rings. The number of halogens is 1. The number of hydrogen-bond donors (Lipinski definition) is 0. The molecule has 3 rings (SSSR count). The summed E-state index contributed by atoms with van der Waals surface area (Å²) in [5.74, 6) is 0. The number of pyridine rings is 1. The van der Waals surface area contributed by atoms with Gasteiger partial charge in [0.15, 0.2) is 0 Å². The van der Waals surface area contributed by atoms with E-state index in [-0.39, 0.29) is 16.1 Å². The Bertz CT molecular complexity index is 622. The Labute approximate surface area is 131 Å². The molecule has 0 aromatic carbocycles. The van der Waals surface area contributed by atoms with Crippen molar-refractivity contribution >= 4 is 21.6 Å². The van der Waals surface area contributed by atoms with Gasteiger partial charge in [0.25, 0.3) is 0 Å². The lowest BCUT2D eigenvalue weighted by atomic mass is 9.99. The van der Waals surface area contributed by atoms with Gasteiger partial charge in [-0.15, -0.1) is 0 Å². The van der Waals surface area contributed by atoms with Crippen LogP contribution in [0.1, 0.15) is 26.2 Å². The van der Waals surface area contributed by atoms with Crippen LogP contribution in [0.4, 0.5) is 0 Å². The van der Waals surface area contributed by atoms with Gasteiger partial charge in [-0.25, -0.2) is 13.4 Å². The van der Waals surface area contributed by atoms with Gasteiger partial charge in [0, 0.05) is 31.4 Å². The molecule has 0 bridgehead atoms. The third kappa shape index (κ3) is 2.82. The van der Waals surface area contributed by atoms with Crippen molar-refractivity contribution in [3.8, 4) is 0 Å². The lowest BCUT2D eigenvalue weighted by Crippen LogP contribution is -2.59. The molecule has 5 nitrogen and oxygen atoms in total. The molecule has 0 saturated carbocycles. The van der Waals surface area contributed by atoms with Gasteiger partial charge >= 0.3 is 0 Å². The van der Waals surface area contributed by atoms with E-state index < -0.39 is 10.0 Å². The number of aromatic nitrogens is 1. The van der Waals surface area contributed by atoms with Crippen LogP contribution in [-0.2, 0) is 10.0 Å². The maximum atomic E-state index is 12.9. The minimum absolute atomic E-state index is 0.0411. The molecule has 21 heavy (non-hydrogen) atoms. The van der Waals surface area contributed by atoms with E-state index in [1.54, 1.807) is 10.4 Å². The predicted molar refractivity (Wildman–Crippen MR) is 81.8 cm³/mol. The number of piperazine rings is 1. The van der Waals surface area contributed by atoms with Crippen LogP contribution in [0.3, 0.4) is 0 Å². The topological polar surface area (TPSA) is 53.5 Å². The highest BCUT2D eigenvalue weighted by atomic mass is 35.5. The lowest BCUT2D eigenvalue weighted by molar-refractivity contribution is 0.0564. The summed E-state index contributed by atoms with van der Waals surface area (Å²) in [7, 11) is -3.58. The average Bonchev–Trinajstić information content (AvgIpc) is 2.46. The Kier molecular flexibility index (Phi) is 4.23. The van der Waals surface area contributed by atoms with E-state index in [9.17, 15) is 8.42 Å². The minimum Gasteiger partial charge on any atom is -0.297 e. The molecule has 0 spiro atoms. The minimum atomic E-state index is -3.58. The van der Waals surface area contributed by atoms with Gasteiger partial charge in [0.05, 0.1) is 0 Å². The molecule has 3 heterocycles. The molecule has 7 heteroatoms. The predicted octanol–water partition coefficient (Wildman–Crippen LogP) is 1.98. The molecule has 2 fully saturated rings. The molecule has 116 valence electrons. The Hall–Kier alpha value is -0.690. The van der Waals surface area contributed by atoms with Crippen molar-refractivity contribution in [2.45, 2.75) is 43.2 Å². The zero-order valence-electron chi connectivity index (χ0n) is 12.1. The number of rotatable bonds is 2. The Balaban J connectivity index is 1.90. The Morgan fingerprint density at radius 1 is 1.33 bits per heavy atom. The van der Waals surface area contributed by atoms with Crippen LogP contribution < -0.4 is 0 Å². The second-order valence-corrected chi connectivity index (χ2v) is 8.08. The highest BCUT2D eigenvalue weighted by Gasteiger charge is 2.40. The summed E-state index contributed by atoms with van der Waals surface area (Å²) < 4.78 is 27.4. The van der Waals surface area contributed by atoms with Crippen molar-refractivity contribution in [2.75, 3.05) is 19.6 Å². The van der Waals surface area contributed by atoms with Crippen LogP contribution in [-0.4, -0.2) is 54.3 Å². The fourth-order valence-corrected chi connectivity index (χ4v) is 5.44. The molecule has 2 aliphatic heterocycles. The van der Waals surface area contributed by atoms with Crippen LogP contribution in [0.5, 0.6) is 0 Å². The third-order valence-electron chi connectivity index (χ3n) is 4.44. The summed E-state index contributed by atoms with van der Waals surface area (Å²) in [6, 6.07) is 3.44. The second kappa shape index (κ2) is 5.83. The number of sulfonamides is 1. The van der Waals surface area contributed by atoms with Gasteiger partial charge in [0.1, 0.15) is 10.0 Å². The average molecular weight is 330 g/mol. The van der Waals surface area contributed by atoms with Crippen LogP contribution in [0.2, 0.25) is 5.15 Å². The molecule has 1 aromatic heterocycles. The van der Waals surface area contributed by atoms with Crippen molar-refractivity contribution in [3.63, 3.8) is 0 Å². The molecule has 0 radical (unpaired) electrons. The smallest absolute Gasteiger partial charge is 0.246 e. The molecule has 0 amide bonds. The van der Waals surface area contributed by atoms with Crippen LogP contribution in [0.15, 0.2) is 23.2 Å². The molecule has 1 aromatic rings. The monoisotopic (exact) mass is 329 g/mol. The van der Waals surface area contributed by atoms with E-state index >= 15 is 0 Å². The van der Waals surface area contributed by atoms with Crippen molar-refractivity contribution < 1.29 is 8.42 Å². The summed E-state index contributed by atoms with van der Waals surface area (Å²) in [6.07, 6.45) is 4.96. The van der Waals surface area contributed by atoms with Crippen molar-refractivity contribution in [1.82, 2.24) is 14.2 Å². The number of hydrogen-bond acceptors (Lipinski definition) is 4. The van der Waals surface area contributed by atoms with E-state index in [0.29, 0.717) is 12.6 Å². The second-order valence-electron chi connectivity index (χ2n) is 5.86. The standard InChI is InChI=1S/C14H20ClN3O2S/c1-11-9-17-8-3-2-5-12(17)10-18(11)21(19,20)13-6-4-7-16-14(13)15/h4,6-7,11-12H,2-3,5,8-10H2,1H3. The molecular weight excluding hydrogens is 310 g/mol. The molecule has 0 N–H and O–H groups in total. The third-order valence-corrected chi connectivity index (χ3v) is 6.87. The number of fused-ring (bicyclic) bond motifs is 1. The molecule has 2 saturated heterocycles. The van der Waals surface area contributed by atoms with Crippen molar-refractivity contribution in [2.24, 2.45) is 0 Å². The summed E-state index contributed by atoms with van der Waals surface area (Å²) in [5, 5.41) is 0.0516. The van der Waals surface area contributed by atoms with Gasteiger partial charge in [-0.1, -0.05) is 18.0 Å². The summed E-state index contributed by atoms with van der Waals surface area (Å²) in [4.78, 5) is 6.43. The zero-order valence-corrected chi connectivity index (χ0v) is 13.6. The Morgan fingerprint density at radius 3 is 2.90 bits per heavy atom. The zero-order chi connectivity index (χ0) is 15.0. The van der Waals surface area contributed by atoms with E-state index in [1.807, 2.05) is 6.92 Å². The highest BCUT2D eigenvalue weighted by Crippen LogP contribution is 2.30. The SMILES string of the molecule is CC1CN2CCCCC2CN1S(=O)(=O)c1cccnc1Cl. The van der Waals surface area contributed by atoms with Crippen LogP contribution in [0.25, 0.3) is 0 Å². The first-order valence-corrected chi connectivity index (χ1v) is 9.18. The summed E-state index contributed by atoms with van der Waals surface area (Å²) in [6.45, 7) is 4.39. The molecule has 2 unspecified atom stereocenters. The van der Waals surface area contributed by atoms with E-state index in [2.05, 4.69) is 9.88 Å². The largest absolute Gasteiger partial charge is 0.297 e. The number of piperidine rings is 1. The van der Waals surface area contributed by atoms with E-state index in [0.717, 1.165) is 19.5 Å². The van der Waals surface area contributed by atoms with Crippen molar-refractivity contribution in [3.05, 3.63) is 23.5 Å². The lowest BCUT2D eigenvalue weighted by Gasteiger charge is -2.46. The Morgan fingerprint density at radius 2 is 2.14 bits per heavy atom. The highest BCUT2D eigenvalue weighted by molar-refractivity contribution is 7.89. The first-order chi connectivity index (χ1) is 10.00. The van der Waals surface area contributed by atoms with Gasteiger partial charge in [-0.3, -0.25) is 4.90 Å². The molecule has 2 atom stereocenters. The quantitative estimate of drug-likeness (QED) is 0.779. The summed E-state index contributed by atoms with van der Waals surface area (Å²) >= 11 is 5.99. The summed E-state index contributed by atoms with van der Waals surface area (Å²) in [5.41, 5.74) is 0. The van der Waals surface area contributed by atoms with Gasteiger partial charge in [-0.2, -0.15) is 4.31 Å². The first kappa shape index (κ1) is 15.2.